The molecule has 0 saturated heterocycles. The number of hydrogen-bond acceptors (Lipinski definition) is 4. The van der Waals surface area contributed by atoms with Gasteiger partial charge in [-0.1, -0.05) is 42.5 Å². The van der Waals surface area contributed by atoms with Crippen molar-refractivity contribution in [1.29, 1.82) is 0 Å². The molecule has 0 aliphatic carbocycles. The first-order chi connectivity index (χ1) is 13.1. The molecule has 1 atom stereocenters. The van der Waals surface area contributed by atoms with Crippen molar-refractivity contribution in [2.75, 3.05) is 5.88 Å². The maximum atomic E-state index is 12.5. The molecule has 0 bridgehead atoms. The van der Waals surface area contributed by atoms with Gasteiger partial charge < -0.3 is 14.4 Å². The quantitative estimate of drug-likeness (QED) is 0.496. The highest BCUT2D eigenvalue weighted by molar-refractivity contribution is 6.18. The standard InChI is InChI=1S/C20H17ClN2O4/c21-12-15(27-20(26)17-9-5-4-8-16(17)19(24)25)13-23-11-10-22-18(23)14-6-2-1-3-7-14/h1-11,15H,12-13H2,(H,24,25). The van der Waals surface area contributed by atoms with Crippen LogP contribution in [0, 0.1) is 0 Å². The highest BCUT2D eigenvalue weighted by Crippen LogP contribution is 2.19. The highest BCUT2D eigenvalue weighted by Gasteiger charge is 2.21. The number of imidazole rings is 1. The number of carboxylic acid groups (broad SMARTS) is 1. The zero-order valence-electron chi connectivity index (χ0n) is 14.3. The number of alkyl halides is 1. The van der Waals surface area contributed by atoms with Crippen LogP contribution in [0.1, 0.15) is 20.7 Å². The molecule has 0 aliphatic heterocycles. The number of carboxylic acids is 1. The third kappa shape index (κ3) is 4.35. The molecule has 1 aromatic heterocycles. The number of carbonyl (C=O) groups is 2. The summed E-state index contributed by atoms with van der Waals surface area (Å²) in [5, 5.41) is 9.23. The first kappa shape index (κ1) is 18.7. The Morgan fingerprint density at radius 3 is 2.41 bits per heavy atom. The van der Waals surface area contributed by atoms with Gasteiger partial charge >= 0.3 is 11.9 Å². The Morgan fingerprint density at radius 2 is 1.74 bits per heavy atom. The van der Waals surface area contributed by atoms with Gasteiger partial charge in [0.1, 0.15) is 11.9 Å². The van der Waals surface area contributed by atoms with Crippen LogP contribution in [0.5, 0.6) is 0 Å². The minimum atomic E-state index is -1.19. The first-order valence-electron chi connectivity index (χ1n) is 8.26. The smallest absolute Gasteiger partial charge is 0.339 e. The minimum absolute atomic E-state index is 0.00553. The van der Waals surface area contributed by atoms with Gasteiger partial charge in [0.05, 0.1) is 23.6 Å². The number of aromatic nitrogens is 2. The van der Waals surface area contributed by atoms with Crippen molar-refractivity contribution in [3.63, 3.8) is 0 Å². The lowest BCUT2D eigenvalue weighted by molar-refractivity contribution is 0.0308. The molecule has 0 saturated carbocycles. The molecule has 3 aromatic rings. The Kier molecular flexibility index (Phi) is 5.88. The van der Waals surface area contributed by atoms with E-state index >= 15 is 0 Å². The monoisotopic (exact) mass is 384 g/mol. The number of nitrogens with zero attached hydrogens (tertiary/aromatic N) is 2. The molecule has 27 heavy (non-hydrogen) atoms. The second-order valence-corrected chi connectivity index (χ2v) is 6.11. The number of rotatable bonds is 7. The Balaban J connectivity index is 1.77. The van der Waals surface area contributed by atoms with Crippen molar-refractivity contribution >= 4 is 23.5 Å². The predicted octanol–water partition coefficient (Wildman–Crippen LogP) is 3.71. The zero-order chi connectivity index (χ0) is 19.2. The van der Waals surface area contributed by atoms with Crippen molar-refractivity contribution in [3.05, 3.63) is 78.1 Å². The summed E-state index contributed by atoms with van der Waals surface area (Å²) < 4.78 is 7.30. The highest BCUT2D eigenvalue weighted by atomic mass is 35.5. The fourth-order valence-corrected chi connectivity index (χ4v) is 2.86. The van der Waals surface area contributed by atoms with Gasteiger partial charge in [0, 0.05) is 18.0 Å². The molecule has 138 valence electrons. The molecule has 1 unspecified atom stereocenters. The molecule has 0 radical (unpaired) electrons. The maximum Gasteiger partial charge on any atom is 0.339 e. The molecule has 0 spiro atoms. The summed E-state index contributed by atoms with van der Waals surface area (Å²) in [5.41, 5.74) is 0.816. The van der Waals surface area contributed by atoms with E-state index in [1.165, 1.54) is 12.1 Å². The summed E-state index contributed by atoms with van der Waals surface area (Å²) in [6.45, 7) is 0.300. The molecule has 0 fully saturated rings. The van der Waals surface area contributed by atoms with Crippen molar-refractivity contribution < 1.29 is 19.4 Å². The number of hydrogen-bond donors (Lipinski definition) is 1. The predicted molar refractivity (Wildman–Crippen MR) is 101 cm³/mol. The average molecular weight is 385 g/mol. The molecule has 7 heteroatoms. The van der Waals surface area contributed by atoms with Gasteiger partial charge in [0.2, 0.25) is 0 Å². The number of ether oxygens (including phenoxy) is 1. The Bertz CT molecular complexity index is 940. The third-order valence-electron chi connectivity index (χ3n) is 3.97. The SMILES string of the molecule is O=C(O)c1ccccc1C(=O)OC(CCl)Cn1ccnc1-c1ccccc1. The van der Waals surface area contributed by atoms with Crippen molar-refractivity contribution in [2.45, 2.75) is 12.6 Å². The summed E-state index contributed by atoms with van der Waals surface area (Å²) in [6.07, 6.45) is 2.80. The van der Waals surface area contributed by atoms with Gasteiger partial charge in [-0.3, -0.25) is 0 Å². The summed E-state index contributed by atoms with van der Waals surface area (Å²) in [6, 6.07) is 15.5. The summed E-state index contributed by atoms with van der Waals surface area (Å²) in [4.78, 5) is 28.1. The van der Waals surface area contributed by atoms with Crippen molar-refractivity contribution in [2.24, 2.45) is 0 Å². The van der Waals surface area contributed by atoms with Crippen LogP contribution >= 0.6 is 11.6 Å². The lowest BCUT2D eigenvalue weighted by atomic mass is 10.1. The Morgan fingerprint density at radius 1 is 1.07 bits per heavy atom. The van der Waals surface area contributed by atoms with E-state index in [1.54, 1.807) is 24.5 Å². The summed E-state index contributed by atoms with van der Waals surface area (Å²) in [7, 11) is 0. The Labute approximate surface area is 161 Å². The van der Waals surface area contributed by atoms with Crippen LogP contribution in [0.4, 0.5) is 0 Å². The molecule has 1 N–H and O–H groups in total. The van der Waals surface area contributed by atoms with E-state index in [0.29, 0.717) is 6.54 Å². The van der Waals surface area contributed by atoms with Gasteiger partial charge in [-0.25, -0.2) is 14.6 Å². The van der Waals surface area contributed by atoms with Crippen LogP contribution in [0.15, 0.2) is 67.0 Å². The normalized spacial score (nSPS) is 11.7. The van der Waals surface area contributed by atoms with Crippen LogP contribution in [0.25, 0.3) is 11.4 Å². The lowest BCUT2D eigenvalue weighted by Crippen LogP contribution is -2.26. The maximum absolute atomic E-state index is 12.5. The molecule has 6 nitrogen and oxygen atoms in total. The van der Waals surface area contributed by atoms with Crippen LogP contribution in [-0.4, -0.2) is 38.6 Å². The zero-order valence-corrected chi connectivity index (χ0v) is 15.0. The van der Waals surface area contributed by atoms with Crippen molar-refractivity contribution in [1.82, 2.24) is 9.55 Å². The number of esters is 1. The van der Waals surface area contributed by atoms with E-state index in [4.69, 9.17) is 16.3 Å². The van der Waals surface area contributed by atoms with Crippen LogP contribution in [0.3, 0.4) is 0 Å². The van der Waals surface area contributed by atoms with Crippen molar-refractivity contribution in [3.8, 4) is 11.4 Å². The van der Waals surface area contributed by atoms with Gasteiger partial charge in [-0.05, 0) is 12.1 Å². The van der Waals surface area contributed by atoms with Crippen LogP contribution in [-0.2, 0) is 11.3 Å². The molecule has 2 aromatic carbocycles. The third-order valence-corrected chi connectivity index (χ3v) is 4.32. The number of carbonyl (C=O) groups excluding carboxylic acids is 1. The number of aromatic carboxylic acids is 1. The molecular formula is C20H17ClN2O4. The van der Waals surface area contributed by atoms with Crippen LogP contribution < -0.4 is 0 Å². The number of halogens is 1. The topological polar surface area (TPSA) is 81.4 Å². The second kappa shape index (κ2) is 8.51. The van der Waals surface area contributed by atoms with Gasteiger partial charge in [-0.15, -0.1) is 11.6 Å². The summed E-state index contributed by atoms with van der Waals surface area (Å²) >= 11 is 5.99. The minimum Gasteiger partial charge on any atom is -0.478 e. The van der Waals surface area contributed by atoms with Gasteiger partial charge in [0.15, 0.2) is 0 Å². The van der Waals surface area contributed by atoms with E-state index < -0.39 is 18.0 Å². The fraction of sp³-hybridized carbons (Fsp3) is 0.150. The van der Waals surface area contributed by atoms with E-state index in [9.17, 15) is 14.7 Å². The van der Waals surface area contributed by atoms with E-state index in [1.807, 2.05) is 34.9 Å². The van der Waals surface area contributed by atoms with Gasteiger partial charge in [-0.2, -0.15) is 0 Å². The largest absolute Gasteiger partial charge is 0.478 e. The molecule has 0 aliphatic rings. The Hall–Kier alpha value is -3.12. The van der Waals surface area contributed by atoms with Gasteiger partial charge in [0.25, 0.3) is 0 Å². The van der Waals surface area contributed by atoms with E-state index in [-0.39, 0.29) is 17.0 Å². The van der Waals surface area contributed by atoms with Crippen LogP contribution in [0.2, 0.25) is 0 Å². The summed E-state index contributed by atoms with van der Waals surface area (Å²) in [5.74, 6) is -1.12. The fourth-order valence-electron chi connectivity index (χ4n) is 2.70. The lowest BCUT2D eigenvalue weighted by Gasteiger charge is -2.18. The molecular weight excluding hydrogens is 368 g/mol. The number of benzene rings is 2. The molecule has 0 amide bonds. The second-order valence-electron chi connectivity index (χ2n) is 5.80. The molecule has 3 rings (SSSR count). The first-order valence-corrected chi connectivity index (χ1v) is 8.79. The average Bonchev–Trinajstić information content (AvgIpc) is 3.16. The van der Waals surface area contributed by atoms with E-state index in [2.05, 4.69) is 4.98 Å². The van der Waals surface area contributed by atoms with E-state index in [0.717, 1.165) is 11.4 Å². The molecule has 1 heterocycles.